The minimum absolute atomic E-state index is 0.0253. The van der Waals surface area contributed by atoms with Crippen LogP contribution in [0.1, 0.15) is 51.7 Å². The number of amides is 2. The molecule has 0 spiro atoms. The summed E-state index contributed by atoms with van der Waals surface area (Å²) in [4.78, 5) is 40.9. The van der Waals surface area contributed by atoms with Crippen molar-refractivity contribution in [2.75, 3.05) is 20.8 Å². The second-order valence-corrected chi connectivity index (χ2v) is 10.7. The predicted molar refractivity (Wildman–Crippen MR) is 154 cm³/mol. The van der Waals surface area contributed by atoms with Gasteiger partial charge >= 0.3 is 19.2 Å². The summed E-state index contributed by atoms with van der Waals surface area (Å²) in [6.07, 6.45) is 0.761. The molecule has 0 bridgehead atoms. The van der Waals surface area contributed by atoms with Crippen LogP contribution >= 0.6 is 0 Å². The first-order chi connectivity index (χ1) is 19.2. The van der Waals surface area contributed by atoms with E-state index in [9.17, 15) is 29.5 Å². The van der Waals surface area contributed by atoms with E-state index in [1.807, 2.05) is 6.92 Å². The van der Waals surface area contributed by atoms with Crippen molar-refractivity contribution in [2.45, 2.75) is 71.1 Å². The number of likely N-dealkylation sites (N-methyl/N-ethyl adjacent to an activating group) is 1. The average Bonchev–Trinajstić information content (AvgIpc) is 2.90. The van der Waals surface area contributed by atoms with E-state index in [-0.39, 0.29) is 36.4 Å². The Morgan fingerprint density at radius 3 is 2.22 bits per heavy atom. The molecule has 0 aliphatic heterocycles. The van der Waals surface area contributed by atoms with Crippen LogP contribution in [0.3, 0.4) is 0 Å². The molecule has 0 heterocycles. The maximum atomic E-state index is 13.7. The van der Waals surface area contributed by atoms with Crippen molar-refractivity contribution in [3.63, 3.8) is 0 Å². The Labute approximate surface area is 241 Å². The smallest absolute Gasteiger partial charge is 0.492 e. The van der Waals surface area contributed by atoms with Gasteiger partial charge in [0.1, 0.15) is 29.2 Å². The van der Waals surface area contributed by atoms with Gasteiger partial charge in [-0.25, -0.2) is 9.59 Å². The van der Waals surface area contributed by atoms with Crippen LogP contribution in [0.25, 0.3) is 0 Å². The van der Waals surface area contributed by atoms with Gasteiger partial charge in [-0.2, -0.15) is 0 Å². The van der Waals surface area contributed by atoms with Crippen LogP contribution in [0.4, 0.5) is 4.79 Å². The first-order valence-corrected chi connectivity index (χ1v) is 13.5. The molecule has 12 heteroatoms. The highest BCUT2D eigenvalue weighted by molar-refractivity contribution is 6.59. The molecular formula is C29H41BN2O9. The van der Waals surface area contributed by atoms with Crippen LogP contribution in [0.5, 0.6) is 11.5 Å². The lowest BCUT2D eigenvalue weighted by molar-refractivity contribution is -0.148. The number of rotatable bonds is 13. The summed E-state index contributed by atoms with van der Waals surface area (Å²) < 4.78 is 16.1. The third-order valence-corrected chi connectivity index (χ3v) is 6.17. The summed E-state index contributed by atoms with van der Waals surface area (Å²) in [7, 11) is 1.02. The van der Waals surface area contributed by atoms with Crippen molar-refractivity contribution in [1.29, 1.82) is 0 Å². The fourth-order valence-electron chi connectivity index (χ4n) is 3.95. The molecule has 0 saturated carbocycles. The van der Waals surface area contributed by atoms with Crippen LogP contribution in [-0.2, 0) is 31.9 Å². The molecular weight excluding hydrogens is 531 g/mol. The van der Waals surface area contributed by atoms with Crippen molar-refractivity contribution in [3.8, 4) is 11.5 Å². The number of carbonyl (C=O) groups excluding carboxylic acids is 3. The number of aromatic hydroxyl groups is 1. The van der Waals surface area contributed by atoms with Crippen molar-refractivity contribution in [3.05, 3.63) is 53.6 Å². The average molecular weight is 572 g/mol. The SMILES string of the molecule is CCCCOC(=O)[C@H](Cc1ccc(OC)c(B(O)O)c1)NC(=O)[C@H](Cc1ccc(O)cc1)N(C)C(=O)OC(C)(C)C. The number of hydrogen-bond donors (Lipinski definition) is 4. The Balaban J connectivity index is 2.39. The summed E-state index contributed by atoms with van der Waals surface area (Å²) in [6.45, 7) is 7.25. The van der Waals surface area contributed by atoms with E-state index < -0.39 is 42.8 Å². The van der Waals surface area contributed by atoms with E-state index in [2.05, 4.69) is 5.32 Å². The molecule has 11 nitrogen and oxygen atoms in total. The molecule has 4 N–H and O–H groups in total. The van der Waals surface area contributed by atoms with Gasteiger partial charge in [-0.15, -0.1) is 0 Å². The first-order valence-electron chi connectivity index (χ1n) is 13.5. The Morgan fingerprint density at radius 1 is 1.02 bits per heavy atom. The molecule has 2 aromatic carbocycles. The molecule has 0 unspecified atom stereocenters. The summed E-state index contributed by atoms with van der Waals surface area (Å²) in [5.74, 6) is -0.989. The number of esters is 1. The Hall–Kier alpha value is -3.77. The fourth-order valence-corrected chi connectivity index (χ4v) is 3.95. The molecule has 2 rings (SSSR count). The minimum atomic E-state index is -1.81. The van der Waals surface area contributed by atoms with Crippen molar-refractivity contribution in [2.24, 2.45) is 0 Å². The largest absolute Gasteiger partial charge is 0.508 e. The zero-order valence-electron chi connectivity index (χ0n) is 24.5. The monoisotopic (exact) mass is 572 g/mol. The molecule has 0 aliphatic rings. The second kappa shape index (κ2) is 15.3. The highest BCUT2D eigenvalue weighted by atomic mass is 16.6. The van der Waals surface area contributed by atoms with Crippen molar-refractivity contribution >= 4 is 30.6 Å². The van der Waals surface area contributed by atoms with Crippen LogP contribution in [-0.4, -0.2) is 83.6 Å². The lowest BCUT2D eigenvalue weighted by Gasteiger charge is -2.31. The van der Waals surface area contributed by atoms with Crippen molar-refractivity contribution in [1.82, 2.24) is 10.2 Å². The van der Waals surface area contributed by atoms with Gasteiger partial charge in [0.15, 0.2) is 0 Å². The number of carbonyl (C=O) groups is 3. The normalized spacial score (nSPS) is 12.6. The van der Waals surface area contributed by atoms with E-state index in [4.69, 9.17) is 14.2 Å². The molecule has 0 radical (unpaired) electrons. The number of unbranched alkanes of at least 4 members (excludes halogenated alkanes) is 1. The Bertz CT molecular complexity index is 1170. The lowest BCUT2D eigenvalue weighted by Crippen LogP contribution is -2.54. The van der Waals surface area contributed by atoms with Gasteiger partial charge in [0.25, 0.3) is 0 Å². The molecule has 0 aliphatic carbocycles. The first kappa shape index (κ1) is 33.4. The second-order valence-electron chi connectivity index (χ2n) is 10.7. The number of benzene rings is 2. The van der Waals surface area contributed by atoms with Crippen LogP contribution < -0.4 is 15.5 Å². The summed E-state index contributed by atoms with van der Waals surface area (Å²) in [5, 5.41) is 31.9. The third-order valence-electron chi connectivity index (χ3n) is 6.17. The van der Waals surface area contributed by atoms with Gasteiger partial charge < -0.3 is 34.7 Å². The molecule has 0 aromatic heterocycles. The van der Waals surface area contributed by atoms with Gasteiger partial charge in [-0.1, -0.05) is 37.6 Å². The van der Waals surface area contributed by atoms with Crippen molar-refractivity contribution < 1.29 is 43.7 Å². The highest BCUT2D eigenvalue weighted by Gasteiger charge is 2.34. The van der Waals surface area contributed by atoms with E-state index in [1.165, 1.54) is 43.3 Å². The molecule has 41 heavy (non-hydrogen) atoms. The quantitative estimate of drug-likeness (QED) is 0.160. The van der Waals surface area contributed by atoms with Crippen LogP contribution in [0.2, 0.25) is 0 Å². The lowest BCUT2D eigenvalue weighted by atomic mass is 9.78. The van der Waals surface area contributed by atoms with E-state index >= 15 is 0 Å². The minimum Gasteiger partial charge on any atom is -0.508 e. The number of hydrogen-bond acceptors (Lipinski definition) is 9. The van der Waals surface area contributed by atoms with Gasteiger partial charge in [-0.3, -0.25) is 9.69 Å². The topological polar surface area (TPSA) is 155 Å². The van der Waals surface area contributed by atoms with Gasteiger partial charge in [0.2, 0.25) is 5.91 Å². The summed E-state index contributed by atoms with van der Waals surface area (Å²) >= 11 is 0. The molecule has 0 fully saturated rings. The van der Waals surface area contributed by atoms with Gasteiger partial charge in [0, 0.05) is 25.4 Å². The Kier molecular flexibility index (Phi) is 12.5. The van der Waals surface area contributed by atoms with Crippen LogP contribution in [0.15, 0.2) is 42.5 Å². The van der Waals surface area contributed by atoms with Gasteiger partial charge in [0.05, 0.1) is 13.7 Å². The van der Waals surface area contributed by atoms with Crippen LogP contribution in [0, 0.1) is 0 Å². The molecule has 2 atom stereocenters. The number of nitrogens with one attached hydrogen (secondary N) is 1. The molecule has 2 aromatic rings. The highest BCUT2D eigenvalue weighted by Crippen LogP contribution is 2.18. The van der Waals surface area contributed by atoms with E-state index in [1.54, 1.807) is 39.0 Å². The number of methoxy groups -OCH3 is 1. The number of phenolic OH excluding ortho intramolecular Hbond substituents is 1. The third kappa shape index (κ3) is 10.6. The Morgan fingerprint density at radius 2 is 1.66 bits per heavy atom. The number of nitrogens with zero attached hydrogens (tertiary/aromatic N) is 1. The fraction of sp³-hybridized carbons (Fsp3) is 0.483. The summed E-state index contributed by atoms with van der Waals surface area (Å²) in [6, 6.07) is 8.65. The number of phenols is 1. The predicted octanol–water partition coefficient (Wildman–Crippen LogP) is 1.93. The number of ether oxygens (including phenoxy) is 3. The molecule has 224 valence electrons. The molecule has 0 saturated heterocycles. The standard InChI is InChI=1S/C29H41BN2O9/c1-7-8-15-40-27(35)23(17-20-11-14-25(39-6)22(16-20)30(37)38)31-26(34)24(18-19-9-12-21(33)13-10-19)32(5)28(36)41-29(2,3)4/h9-14,16,23-24,33,37-38H,7-8,15,17-18H2,1-6H3,(H,31,34)/t23-,24-/m0/s1. The van der Waals surface area contributed by atoms with E-state index in [0.29, 0.717) is 17.5 Å². The zero-order chi connectivity index (χ0) is 30.7. The summed E-state index contributed by atoms with van der Waals surface area (Å²) in [5.41, 5.74) is 0.475. The zero-order valence-corrected chi connectivity index (χ0v) is 24.5. The van der Waals surface area contributed by atoms with E-state index in [0.717, 1.165) is 6.42 Å². The maximum Gasteiger partial charge on any atom is 0.492 e. The van der Waals surface area contributed by atoms with Gasteiger partial charge in [-0.05, 0) is 56.5 Å². The maximum absolute atomic E-state index is 13.7. The molecule has 2 amide bonds.